The van der Waals surface area contributed by atoms with Crippen LogP contribution in [0.15, 0.2) is 24.3 Å². The van der Waals surface area contributed by atoms with E-state index in [9.17, 15) is 9.18 Å². The molecule has 2 fully saturated rings. The van der Waals surface area contributed by atoms with Crippen LogP contribution in [0.25, 0.3) is 0 Å². The number of amides is 1. The lowest BCUT2D eigenvalue weighted by Gasteiger charge is -2.32. The van der Waals surface area contributed by atoms with Gasteiger partial charge in [-0.2, -0.15) is 0 Å². The highest BCUT2D eigenvalue weighted by Crippen LogP contribution is 2.48. The van der Waals surface area contributed by atoms with E-state index < -0.39 is 0 Å². The maximum atomic E-state index is 12.9. The summed E-state index contributed by atoms with van der Waals surface area (Å²) in [5, 5.41) is 3.26. The fourth-order valence-corrected chi connectivity index (χ4v) is 3.19. The van der Waals surface area contributed by atoms with E-state index in [-0.39, 0.29) is 36.0 Å². The number of likely N-dealkylation sites (N-methyl/N-ethyl adjacent to an activating group) is 1. The first kappa shape index (κ1) is 16.2. The van der Waals surface area contributed by atoms with Gasteiger partial charge >= 0.3 is 0 Å². The molecule has 3 atom stereocenters. The largest absolute Gasteiger partial charge is 0.341 e. The van der Waals surface area contributed by atoms with Gasteiger partial charge < -0.3 is 10.2 Å². The molecule has 1 amide bonds. The van der Waals surface area contributed by atoms with Crippen LogP contribution in [0.3, 0.4) is 0 Å². The average Bonchev–Trinajstić information content (AvgIpc) is 3.28. The molecule has 0 aromatic heterocycles. The molecule has 3 unspecified atom stereocenters. The molecular formula is C16H22ClFN2O. The molecule has 1 aliphatic heterocycles. The van der Waals surface area contributed by atoms with E-state index in [0.717, 1.165) is 37.9 Å². The Kier molecular flexibility index (Phi) is 5.22. The minimum absolute atomic E-state index is 0. The van der Waals surface area contributed by atoms with Gasteiger partial charge in [-0.15, -0.1) is 12.4 Å². The van der Waals surface area contributed by atoms with Crippen molar-refractivity contribution < 1.29 is 9.18 Å². The quantitative estimate of drug-likeness (QED) is 0.930. The predicted octanol–water partition coefficient (Wildman–Crippen LogP) is 2.56. The number of carbonyl (C=O) groups excluding carboxylic acids is 1. The maximum absolute atomic E-state index is 12.9. The standard InChI is InChI=1S/C16H21FN2O.ClH/c1-18-13-3-2-8-19(10-13)16(20)15-9-14(15)11-4-6-12(17)7-5-11;/h4-7,13-15,18H,2-3,8-10H2,1H3;1H. The third-order valence-electron chi connectivity index (χ3n) is 4.55. The molecule has 0 bridgehead atoms. The second-order valence-corrected chi connectivity index (χ2v) is 5.91. The molecule has 1 aromatic carbocycles. The topological polar surface area (TPSA) is 32.3 Å². The minimum atomic E-state index is -0.217. The summed E-state index contributed by atoms with van der Waals surface area (Å²) in [4.78, 5) is 14.5. The summed E-state index contributed by atoms with van der Waals surface area (Å²) in [5.74, 6) is 0.457. The van der Waals surface area contributed by atoms with Gasteiger partial charge in [-0.05, 0) is 49.9 Å². The summed E-state index contributed by atoms with van der Waals surface area (Å²) >= 11 is 0. The number of carbonyl (C=O) groups is 1. The second kappa shape index (κ2) is 6.75. The van der Waals surface area contributed by atoms with Crippen molar-refractivity contribution in [1.29, 1.82) is 0 Å². The van der Waals surface area contributed by atoms with Crippen LogP contribution in [0.1, 0.15) is 30.7 Å². The van der Waals surface area contributed by atoms with E-state index in [4.69, 9.17) is 0 Å². The van der Waals surface area contributed by atoms with Gasteiger partial charge in [-0.1, -0.05) is 12.1 Å². The van der Waals surface area contributed by atoms with Gasteiger partial charge in [0.05, 0.1) is 0 Å². The molecule has 1 saturated carbocycles. The number of rotatable bonds is 3. The van der Waals surface area contributed by atoms with Crippen LogP contribution in [-0.4, -0.2) is 37.0 Å². The first-order valence-corrected chi connectivity index (χ1v) is 7.40. The summed E-state index contributed by atoms with van der Waals surface area (Å²) < 4.78 is 12.9. The molecule has 1 heterocycles. The number of piperidine rings is 1. The first-order chi connectivity index (χ1) is 9.69. The first-order valence-electron chi connectivity index (χ1n) is 7.40. The molecule has 1 aliphatic carbocycles. The van der Waals surface area contributed by atoms with Gasteiger partial charge in [0, 0.05) is 25.0 Å². The monoisotopic (exact) mass is 312 g/mol. The van der Waals surface area contributed by atoms with Gasteiger partial charge in [-0.25, -0.2) is 4.39 Å². The molecule has 0 radical (unpaired) electrons. The van der Waals surface area contributed by atoms with Crippen molar-refractivity contribution in [2.45, 2.75) is 31.2 Å². The van der Waals surface area contributed by atoms with Crippen molar-refractivity contribution in [1.82, 2.24) is 10.2 Å². The summed E-state index contributed by atoms with van der Waals surface area (Å²) in [6.07, 6.45) is 3.13. The molecule has 3 nitrogen and oxygen atoms in total. The lowest BCUT2D eigenvalue weighted by molar-refractivity contribution is -0.134. The third-order valence-corrected chi connectivity index (χ3v) is 4.55. The Morgan fingerprint density at radius 2 is 2.05 bits per heavy atom. The molecule has 1 N–H and O–H groups in total. The van der Waals surface area contributed by atoms with Crippen molar-refractivity contribution in [3.8, 4) is 0 Å². The number of hydrogen-bond donors (Lipinski definition) is 1. The SMILES string of the molecule is CNC1CCCN(C(=O)C2CC2c2ccc(F)cc2)C1.Cl. The number of nitrogens with one attached hydrogen (secondary N) is 1. The summed E-state index contributed by atoms with van der Waals surface area (Å²) in [6, 6.07) is 7.00. The van der Waals surface area contributed by atoms with Crippen molar-refractivity contribution in [3.05, 3.63) is 35.6 Å². The van der Waals surface area contributed by atoms with Crippen LogP contribution >= 0.6 is 12.4 Å². The zero-order chi connectivity index (χ0) is 14.1. The number of hydrogen-bond acceptors (Lipinski definition) is 2. The van der Waals surface area contributed by atoms with E-state index in [0.29, 0.717) is 6.04 Å². The van der Waals surface area contributed by atoms with Crippen LogP contribution in [0.2, 0.25) is 0 Å². The second-order valence-electron chi connectivity index (χ2n) is 5.91. The van der Waals surface area contributed by atoms with Crippen LogP contribution in [0, 0.1) is 11.7 Å². The van der Waals surface area contributed by atoms with Gasteiger partial charge in [-0.3, -0.25) is 4.79 Å². The van der Waals surface area contributed by atoms with E-state index >= 15 is 0 Å². The van der Waals surface area contributed by atoms with E-state index in [2.05, 4.69) is 5.32 Å². The number of halogens is 2. The molecule has 21 heavy (non-hydrogen) atoms. The zero-order valence-electron chi connectivity index (χ0n) is 12.2. The fraction of sp³-hybridized carbons (Fsp3) is 0.562. The Balaban J connectivity index is 0.00000161. The van der Waals surface area contributed by atoms with Gasteiger partial charge in [0.2, 0.25) is 5.91 Å². The molecule has 3 rings (SSSR count). The predicted molar refractivity (Wildman–Crippen MR) is 83.2 cm³/mol. The van der Waals surface area contributed by atoms with Crippen LogP contribution in [0.5, 0.6) is 0 Å². The average molecular weight is 313 g/mol. The molecule has 2 aliphatic rings. The van der Waals surface area contributed by atoms with Crippen LogP contribution in [0.4, 0.5) is 4.39 Å². The Hall–Kier alpha value is -1.13. The highest BCUT2D eigenvalue weighted by atomic mass is 35.5. The Morgan fingerprint density at radius 3 is 2.71 bits per heavy atom. The number of benzene rings is 1. The number of nitrogens with zero attached hydrogens (tertiary/aromatic N) is 1. The summed E-state index contributed by atoms with van der Waals surface area (Å²) in [7, 11) is 1.96. The molecule has 116 valence electrons. The van der Waals surface area contributed by atoms with Crippen molar-refractivity contribution >= 4 is 18.3 Å². The van der Waals surface area contributed by atoms with Gasteiger partial charge in [0.25, 0.3) is 0 Å². The Morgan fingerprint density at radius 1 is 1.33 bits per heavy atom. The highest BCUT2D eigenvalue weighted by molar-refractivity contribution is 5.85. The third kappa shape index (κ3) is 3.55. The van der Waals surface area contributed by atoms with E-state index in [1.54, 1.807) is 12.1 Å². The fourth-order valence-electron chi connectivity index (χ4n) is 3.19. The van der Waals surface area contributed by atoms with E-state index in [1.807, 2.05) is 11.9 Å². The Labute approximate surface area is 131 Å². The van der Waals surface area contributed by atoms with Gasteiger partial charge in [0.15, 0.2) is 0 Å². The smallest absolute Gasteiger partial charge is 0.226 e. The van der Waals surface area contributed by atoms with Gasteiger partial charge in [0.1, 0.15) is 5.82 Å². The van der Waals surface area contributed by atoms with Crippen molar-refractivity contribution in [2.75, 3.05) is 20.1 Å². The molecule has 1 aromatic rings. The number of likely N-dealkylation sites (tertiary alicyclic amines) is 1. The molecule has 5 heteroatoms. The molecule has 0 spiro atoms. The summed E-state index contributed by atoms with van der Waals surface area (Å²) in [5.41, 5.74) is 1.09. The summed E-state index contributed by atoms with van der Waals surface area (Å²) in [6.45, 7) is 1.70. The van der Waals surface area contributed by atoms with Crippen molar-refractivity contribution in [3.63, 3.8) is 0 Å². The van der Waals surface area contributed by atoms with Crippen LogP contribution in [-0.2, 0) is 4.79 Å². The highest BCUT2D eigenvalue weighted by Gasteiger charge is 2.46. The van der Waals surface area contributed by atoms with E-state index in [1.165, 1.54) is 12.1 Å². The lowest BCUT2D eigenvalue weighted by atomic mass is 10.0. The lowest BCUT2D eigenvalue weighted by Crippen LogP contribution is -2.47. The normalized spacial score (nSPS) is 27.9. The molecule has 1 saturated heterocycles. The Bertz CT molecular complexity index is 494. The van der Waals surface area contributed by atoms with Crippen LogP contribution < -0.4 is 5.32 Å². The zero-order valence-corrected chi connectivity index (χ0v) is 13.0. The molecular weight excluding hydrogens is 291 g/mol. The van der Waals surface area contributed by atoms with Crippen molar-refractivity contribution in [2.24, 2.45) is 5.92 Å². The maximum Gasteiger partial charge on any atom is 0.226 e. The minimum Gasteiger partial charge on any atom is -0.341 e.